The van der Waals surface area contributed by atoms with Gasteiger partial charge in [0.1, 0.15) is 0 Å². The summed E-state index contributed by atoms with van der Waals surface area (Å²) in [6.07, 6.45) is 0.947. The van der Waals surface area contributed by atoms with E-state index in [0.717, 1.165) is 55.7 Å². The lowest BCUT2D eigenvalue weighted by Crippen LogP contribution is -2.36. The van der Waals surface area contributed by atoms with Gasteiger partial charge >= 0.3 is 6.18 Å². The average molecular weight is 836 g/mol. The minimum atomic E-state index is -4.49. The van der Waals surface area contributed by atoms with Gasteiger partial charge in [-0.15, -0.1) is 0 Å². The minimum Gasteiger partial charge on any atom is -0.395 e. The first-order valence-corrected chi connectivity index (χ1v) is 21.0. The SMILES string of the molecule is CC(CCC(=O)N(CCO)CCO)OCCSCc1cccc(C(=O)Nc2ccc(N3CCCCC3)cc2-c2cc(C(=O)NCc3cccc(C(F)(F)F)c3)ccn2)c1. The highest BCUT2D eigenvalue weighted by molar-refractivity contribution is 7.98. The summed E-state index contributed by atoms with van der Waals surface area (Å²) in [5.74, 6) is 0.431. The second-order valence-electron chi connectivity index (χ2n) is 14.3. The Hall–Kier alpha value is -4.96. The zero-order valence-electron chi connectivity index (χ0n) is 33.2. The molecule has 15 heteroatoms. The van der Waals surface area contributed by atoms with Crippen molar-refractivity contribution in [1.29, 1.82) is 0 Å². The minimum absolute atomic E-state index is 0.0977. The number of nitrogens with zero attached hydrogens (tertiary/aromatic N) is 3. The number of aromatic nitrogens is 1. The summed E-state index contributed by atoms with van der Waals surface area (Å²) in [6.45, 7) is 4.15. The van der Waals surface area contributed by atoms with E-state index in [4.69, 9.17) is 14.9 Å². The fourth-order valence-corrected chi connectivity index (χ4v) is 7.50. The maximum absolute atomic E-state index is 13.7. The van der Waals surface area contributed by atoms with E-state index >= 15 is 0 Å². The fraction of sp³-hybridized carbons (Fsp3) is 0.409. The number of hydrogen-bond donors (Lipinski definition) is 4. The van der Waals surface area contributed by atoms with E-state index < -0.39 is 17.6 Å². The number of ether oxygens (including phenoxy) is 1. The first-order chi connectivity index (χ1) is 28.4. The summed E-state index contributed by atoms with van der Waals surface area (Å²) in [6, 6.07) is 21.1. The largest absolute Gasteiger partial charge is 0.416 e. The Morgan fingerprint density at radius 1 is 0.898 bits per heavy atom. The number of anilines is 2. The predicted molar refractivity (Wildman–Crippen MR) is 224 cm³/mol. The Labute approximate surface area is 347 Å². The summed E-state index contributed by atoms with van der Waals surface area (Å²) in [5.41, 5.74) is 3.76. The lowest BCUT2D eigenvalue weighted by atomic mass is 10.0. The lowest BCUT2D eigenvalue weighted by Gasteiger charge is -2.29. The van der Waals surface area contributed by atoms with E-state index in [1.54, 1.807) is 23.9 Å². The molecule has 0 bridgehead atoms. The molecule has 316 valence electrons. The predicted octanol–water partition coefficient (Wildman–Crippen LogP) is 7.17. The van der Waals surface area contributed by atoms with Crippen molar-refractivity contribution >= 4 is 40.9 Å². The number of pyridine rings is 1. The molecule has 1 fully saturated rings. The number of rotatable bonds is 20. The molecule has 0 saturated carbocycles. The van der Waals surface area contributed by atoms with Crippen molar-refractivity contribution in [3.8, 4) is 11.3 Å². The number of hydrogen-bond acceptors (Lipinski definition) is 9. The van der Waals surface area contributed by atoms with Crippen LogP contribution in [0, 0.1) is 0 Å². The van der Waals surface area contributed by atoms with E-state index in [0.29, 0.717) is 52.6 Å². The summed E-state index contributed by atoms with van der Waals surface area (Å²) in [5, 5.41) is 24.1. The maximum atomic E-state index is 13.7. The van der Waals surface area contributed by atoms with Crippen LogP contribution in [0.1, 0.15) is 76.4 Å². The van der Waals surface area contributed by atoms with Crippen LogP contribution in [0.3, 0.4) is 0 Å². The molecule has 1 unspecified atom stereocenters. The summed E-state index contributed by atoms with van der Waals surface area (Å²) in [7, 11) is 0. The van der Waals surface area contributed by atoms with Gasteiger partial charge in [0.15, 0.2) is 0 Å². The van der Waals surface area contributed by atoms with Gasteiger partial charge in [-0.3, -0.25) is 19.4 Å². The Balaban J connectivity index is 1.21. The van der Waals surface area contributed by atoms with Crippen LogP contribution in [0.4, 0.5) is 24.5 Å². The highest BCUT2D eigenvalue weighted by atomic mass is 32.2. The lowest BCUT2D eigenvalue weighted by molar-refractivity contribution is -0.137. The van der Waals surface area contributed by atoms with Gasteiger partial charge in [0.25, 0.3) is 11.8 Å². The van der Waals surface area contributed by atoms with Crippen molar-refractivity contribution < 1.29 is 42.5 Å². The smallest absolute Gasteiger partial charge is 0.395 e. The highest BCUT2D eigenvalue weighted by Gasteiger charge is 2.30. The molecule has 4 N–H and O–H groups in total. The average Bonchev–Trinajstić information content (AvgIpc) is 3.25. The van der Waals surface area contributed by atoms with E-state index in [2.05, 4.69) is 20.5 Å². The Kier molecular flexibility index (Phi) is 17.2. The van der Waals surface area contributed by atoms with E-state index in [9.17, 15) is 27.6 Å². The molecular weight excluding hydrogens is 784 g/mol. The monoisotopic (exact) mass is 835 g/mol. The molecule has 3 amide bonds. The van der Waals surface area contributed by atoms with Crippen molar-refractivity contribution in [2.24, 2.45) is 0 Å². The number of aliphatic hydroxyl groups is 2. The third-order valence-corrected chi connectivity index (χ3v) is 10.9. The van der Waals surface area contributed by atoms with Gasteiger partial charge in [0, 0.05) is 79.2 Å². The zero-order chi connectivity index (χ0) is 42.2. The Morgan fingerprint density at radius 3 is 2.37 bits per heavy atom. The molecule has 2 heterocycles. The van der Waals surface area contributed by atoms with Crippen LogP contribution in [0.2, 0.25) is 0 Å². The van der Waals surface area contributed by atoms with Crippen LogP contribution >= 0.6 is 11.8 Å². The highest BCUT2D eigenvalue weighted by Crippen LogP contribution is 2.34. The number of alkyl halides is 3. The van der Waals surface area contributed by atoms with Crippen LogP contribution in [0.5, 0.6) is 0 Å². The molecule has 1 aliphatic heterocycles. The number of nitrogens with one attached hydrogen (secondary N) is 2. The second kappa shape index (κ2) is 22.4. The second-order valence-corrected chi connectivity index (χ2v) is 15.4. The summed E-state index contributed by atoms with van der Waals surface area (Å²) in [4.78, 5) is 47.7. The van der Waals surface area contributed by atoms with E-state index in [-0.39, 0.29) is 62.8 Å². The molecule has 4 aromatic rings. The number of amides is 3. The molecule has 1 aliphatic rings. The first-order valence-electron chi connectivity index (χ1n) is 19.8. The number of carbonyl (C=O) groups is 3. The molecule has 3 aromatic carbocycles. The first kappa shape index (κ1) is 45.1. The molecule has 59 heavy (non-hydrogen) atoms. The van der Waals surface area contributed by atoms with E-state index in [1.165, 1.54) is 29.3 Å². The van der Waals surface area contributed by atoms with Gasteiger partial charge in [-0.2, -0.15) is 24.9 Å². The van der Waals surface area contributed by atoms with Gasteiger partial charge in [-0.05, 0) is 98.3 Å². The number of halogens is 3. The summed E-state index contributed by atoms with van der Waals surface area (Å²) < 4.78 is 45.6. The van der Waals surface area contributed by atoms with Crippen LogP contribution in [0.15, 0.2) is 85.1 Å². The third kappa shape index (κ3) is 13.8. The molecule has 11 nitrogen and oxygen atoms in total. The van der Waals surface area contributed by atoms with Crippen molar-refractivity contribution in [2.75, 3.05) is 62.0 Å². The Bertz CT molecular complexity index is 2010. The normalized spacial score (nSPS) is 13.5. The standard InChI is InChI=1S/C44H52F3N5O6S/c1-31(11-14-41(55)52(19-21-53)20-22-54)58-23-24-59-30-33-8-5-9-34(25-33)43(57)50-39-13-12-37(51-17-3-2-4-18-51)28-38(39)40-27-35(15-16-48-40)42(56)49-29-32-7-6-10-36(26-32)44(45,46)47/h5-10,12-13,15-16,25-28,31,53-54H,2-4,11,14,17-24,29-30H2,1H3,(H,49,56)(H,50,57). The quantitative estimate of drug-likeness (QED) is 0.0682. The number of piperidine rings is 1. The Morgan fingerprint density at radius 2 is 1.63 bits per heavy atom. The molecule has 1 atom stereocenters. The number of aliphatic hydroxyl groups excluding tert-OH is 2. The molecular formula is C44H52F3N5O6S. The van der Waals surface area contributed by atoms with Gasteiger partial charge in [0.2, 0.25) is 5.91 Å². The van der Waals surface area contributed by atoms with Gasteiger partial charge in [-0.1, -0.05) is 24.3 Å². The number of thioether (sulfide) groups is 1. The van der Waals surface area contributed by atoms with Crippen molar-refractivity contribution in [3.63, 3.8) is 0 Å². The summed E-state index contributed by atoms with van der Waals surface area (Å²) >= 11 is 1.66. The molecule has 0 aliphatic carbocycles. The fourth-order valence-electron chi connectivity index (χ4n) is 6.73. The van der Waals surface area contributed by atoms with Gasteiger partial charge in [0.05, 0.1) is 42.9 Å². The van der Waals surface area contributed by atoms with Crippen LogP contribution < -0.4 is 15.5 Å². The molecule has 0 radical (unpaired) electrons. The van der Waals surface area contributed by atoms with Crippen molar-refractivity contribution in [2.45, 2.75) is 63.6 Å². The van der Waals surface area contributed by atoms with Gasteiger partial charge < -0.3 is 35.4 Å². The molecule has 0 spiro atoms. The van der Waals surface area contributed by atoms with Crippen molar-refractivity contribution in [3.05, 3.63) is 113 Å². The van der Waals surface area contributed by atoms with Crippen LogP contribution in [-0.4, -0.2) is 95.7 Å². The molecule has 5 rings (SSSR count). The maximum Gasteiger partial charge on any atom is 0.416 e. The zero-order valence-corrected chi connectivity index (χ0v) is 34.0. The van der Waals surface area contributed by atoms with Crippen molar-refractivity contribution in [1.82, 2.24) is 15.2 Å². The van der Waals surface area contributed by atoms with Crippen LogP contribution in [-0.2, 0) is 28.0 Å². The molecule has 1 saturated heterocycles. The third-order valence-electron chi connectivity index (χ3n) is 9.92. The number of benzene rings is 3. The molecule has 1 aromatic heterocycles. The van der Waals surface area contributed by atoms with Crippen LogP contribution in [0.25, 0.3) is 11.3 Å². The number of carbonyl (C=O) groups excluding carboxylic acids is 3. The van der Waals surface area contributed by atoms with E-state index in [1.807, 2.05) is 43.3 Å². The topological polar surface area (TPSA) is 144 Å². The van der Waals surface area contributed by atoms with Gasteiger partial charge in [-0.25, -0.2) is 0 Å².